The van der Waals surface area contributed by atoms with E-state index in [1.807, 2.05) is 0 Å². The van der Waals surface area contributed by atoms with E-state index in [1.54, 1.807) is 0 Å². The smallest absolute Gasteiger partial charge is 0.396 e. The highest BCUT2D eigenvalue weighted by atomic mass is 16.5. The molecule has 3 amide bonds. The summed E-state index contributed by atoms with van der Waals surface area (Å²) in [6, 6.07) is -0.833. The number of carboxylic acid groups (broad SMARTS) is 1. The lowest BCUT2D eigenvalue weighted by Crippen LogP contribution is -2.27. The summed E-state index contributed by atoms with van der Waals surface area (Å²) in [7, 11) is 0. The lowest BCUT2D eigenvalue weighted by Gasteiger charge is -1.84. The Hall–Kier alpha value is -1.87. The van der Waals surface area contributed by atoms with E-state index in [4.69, 9.17) is 15.1 Å². The molecule has 0 rings (SSSR count). The van der Waals surface area contributed by atoms with Crippen molar-refractivity contribution in [3.8, 4) is 0 Å². The molecule has 12 heavy (non-hydrogen) atoms. The zero-order valence-electron chi connectivity index (χ0n) is 5.98. The van der Waals surface area contributed by atoms with E-state index < -0.39 is 17.9 Å². The number of carbonyl (C=O) groups excluding carboxylic acids is 2. The minimum Gasteiger partial charge on any atom is -0.474 e. The summed E-state index contributed by atoms with van der Waals surface area (Å²) in [6.07, 6.45) is 0. The second-order valence-electron chi connectivity index (χ2n) is 1.15. The van der Waals surface area contributed by atoms with Crippen molar-refractivity contribution in [2.75, 3.05) is 0 Å². The number of hydrogen-bond donors (Lipinski definition) is 6. The highest BCUT2D eigenvalue weighted by Gasteiger charge is 2.06. The maximum atomic E-state index is 9.55. The van der Waals surface area contributed by atoms with E-state index in [0.717, 1.165) is 5.48 Å². The van der Waals surface area contributed by atoms with Crippen LogP contribution in [0.4, 0.5) is 4.79 Å². The van der Waals surface area contributed by atoms with Gasteiger partial charge in [0, 0.05) is 0 Å². The summed E-state index contributed by atoms with van der Waals surface area (Å²) in [5.41, 5.74) is 9.43. The van der Waals surface area contributed by atoms with Crippen molar-refractivity contribution in [2.24, 2.45) is 11.5 Å². The standard InChI is InChI=1S/C2H3NO4.CH4N2O.H3N/c4-1(3-7)2(5)6;2-1(3)4;/h7H,(H,3,4)(H,5,6);(H4,2,3,4);1H3. The predicted octanol–water partition coefficient (Wildman–Crippen LogP) is -2.24. The maximum Gasteiger partial charge on any atom is 0.396 e. The van der Waals surface area contributed by atoms with Crippen LogP contribution in [0.25, 0.3) is 0 Å². The second kappa shape index (κ2) is 9.13. The molecule has 0 aromatic heterocycles. The average molecular weight is 182 g/mol. The van der Waals surface area contributed by atoms with E-state index in [9.17, 15) is 9.59 Å². The first-order chi connectivity index (χ1) is 4.91. The van der Waals surface area contributed by atoms with Gasteiger partial charge in [0.05, 0.1) is 0 Å². The molecular weight excluding hydrogens is 172 g/mol. The van der Waals surface area contributed by atoms with Gasteiger partial charge in [0.15, 0.2) is 0 Å². The molecule has 0 aliphatic rings. The fraction of sp³-hybridized carbons (Fsp3) is 0. The Morgan fingerprint density at radius 3 is 1.42 bits per heavy atom. The molecule has 0 atom stereocenters. The van der Waals surface area contributed by atoms with E-state index in [-0.39, 0.29) is 6.15 Å². The van der Waals surface area contributed by atoms with Crippen LogP contribution in [0.1, 0.15) is 0 Å². The van der Waals surface area contributed by atoms with Gasteiger partial charge in [-0.05, 0) is 0 Å². The molecule has 0 radical (unpaired) electrons. The second-order valence-corrected chi connectivity index (χ2v) is 1.15. The van der Waals surface area contributed by atoms with E-state index in [1.165, 1.54) is 0 Å². The first kappa shape index (κ1) is 16.6. The summed E-state index contributed by atoms with van der Waals surface area (Å²) in [6.45, 7) is 0. The number of primary amides is 2. The van der Waals surface area contributed by atoms with Crippen LogP contribution in [0.3, 0.4) is 0 Å². The van der Waals surface area contributed by atoms with Gasteiger partial charge in [-0.3, -0.25) is 10.0 Å². The number of amides is 3. The number of carbonyl (C=O) groups is 3. The number of rotatable bonds is 0. The van der Waals surface area contributed by atoms with Crippen LogP contribution in [0.5, 0.6) is 0 Å². The van der Waals surface area contributed by atoms with Crippen molar-refractivity contribution in [2.45, 2.75) is 0 Å². The van der Waals surface area contributed by atoms with Gasteiger partial charge in [0.25, 0.3) is 0 Å². The molecule has 0 aromatic carbocycles. The van der Waals surface area contributed by atoms with Gasteiger partial charge in [0.2, 0.25) is 0 Å². The van der Waals surface area contributed by atoms with Crippen LogP contribution in [0, 0.1) is 0 Å². The fourth-order valence-electron chi connectivity index (χ4n) is 0.0478. The fourth-order valence-corrected chi connectivity index (χ4v) is 0.0478. The number of hydroxylamine groups is 1. The molecule has 10 N–H and O–H groups in total. The zero-order valence-corrected chi connectivity index (χ0v) is 5.98. The van der Waals surface area contributed by atoms with E-state index >= 15 is 0 Å². The molecular formula is C3H10N4O5. The quantitative estimate of drug-likeness (QED) is 0.139. The molecule has 72 valence electrons. The number of urea groups is 1. The molecule has 0 heterocycles. The molecule has 0 saturated carbocycles. The first-order valence-corrected chi connectivity index (χ1v) is 2.14. The van der Waals surface area contributed by atoms with Crippen molar-refractivity contribution >= 4 is 17.9 Å². The van der Waals surface area contributed by atoms with Crippen LogP contribution in [0.2, 0.25) is 0 Å². The summed E-state index contributed by atoms with van der Waals surface area (Å²) in [5.74, 6) is -3.14. The monoisotopic (exact) mass is 182 g/mol. The van der Waals surface area contributed by atoms with Crippen LogP contribution >= 0.6 is 0 Å². The zero-order chi connectivity index (χ0) is 9.44. The highest BCUT2D eigenvalue weighted by Crippen LogP contribution is 1.57. The van der Waals surface area contributed by atoms with Gasteiger partial charge in [-0.15, -0.1) is 0 Å². The Morgan fingerprint density at radius 2 is 1.42 bits per heavy atom. The number of carboxylic acids is 1. The van der Waals surface area contributed by atoms with Crippen molar-refractivity contribution in [1.82, 2.24) is 11.6 Å². The number of nitrogens with two attached hydrogens (primary N) is 2. The molecule has 0 saturated heterocycles. The van der Waals surface area contributed by atoms with Gasteiger partial charge in [-0.25, -0.2) is 15.1 Å². The summed E-state index contributed by atoms with van der Waals surface area (Å²) < 4.78 is 0. The van der Waals surface area contributed by atoms with Crippen molar-refractivity contribution in [1.29, 1.82) is 0 Å². The molecule has 0 bridgehead atoms. The first-order valence-electron chi connectivity index (χ1n) is 2.14. The van der Waals surface area contributed by atoms with E-state index in [2.05, 4.69) is 11.5 Å². The molecule has 0 spiro atoms. The minimum atomic E-state index is -1.71. The molecule has 9 nitrogen and oxygen atoms in total. The minimum absolute atomic E-state index is 0. The summed E-state index contributed by atoms with van der Waals surface area (Å²) >= 11 is 0. The van der Waals surface area contributed by atoms with Crippen molar-refractivity contribution in [3.63, 3.8) is 0 Å². The molecule has 0 aliphatic carbocycles. The summed E-state index contributed by atoms with van der Waals surface area (Å²) in [4.78, 5) is 27.9. The van der Waals surface area contributed by atoms with Crippen LogP contribution in [0.15, 0.2) is 0 Å². The highest BCUT2D eigenvalue weighted by molar-refractivity contribution is 6.31. The lowest BCUT2D eigenvalue weighted by molar-refractivity contribution is -0.154. The Bertz CT molecular complexity index is 164. The van der Waals surface area contributed by atoms with Crippen LogP contribution in [-0.2, 0) is 9.59 Å². The lowest BCUT2D eigenvalue weighted by atomic mass is 10.7. The summed E-state index contributed by atoms with van der Waals surface area (Å²) in [5, 5.41) is 15.1. The SMILES string of the molecule is N.NC(N)=O.O=C(O)C(=O)NO. The molecule has 9 heteroatoms. The van der Waals surface area contributed by atoms with Crippen LogP contribution < -0.4 is 23.1 Å². The van der Waals surface area contributed by atoms with Crippen molar-refractivity contribution in [3.05, 3.63) is 0 Å². The number of hydrogen-bond acceptors (Lipinski definition) is 5. The van der Waals surface area contributed by atoms with Gasteiger partial charge in [-0.1, -0.05) is 0 Å². The predicted molar refractivity (Wildman–Crippen MR) is 36.4 cm³/mol. The third-order valence-electron chi connectivity index (χ3n) is 0.296. The number of aliphatic carboxylic acids is 1. The molecule has 0 fully saturated rings. The largest absolute Gasteiger partial charge is 0.474 e. The molecule has 0 aliphatic heterocycles. The molecule has 0 aromatic rings. The van der Waals surface area contributed by atoms with Gasteiger partial charge in [-0.2, -0.15) is 0 Å². The van der Waals surface area contributed by atoms with Gasteiger partial charge >= 0.3 is 17.9 Å². The maximum absolute atomic E-state index is 9.55. The Labute approximate surface area is 66.9 Å². The topological polar surface area (TPSA) is 191 Å². The third-order valence-corrected chi connectivity index (χ3v) is 0.296. The Balaban J connectivity index is -0.000000142. The molecule has 0 unspecified atom stereocenters. The number of nitrogens with one attached hydrogen (secondary N) is 1. The average Bonchev–Trinajstić information content (AvgIpc) is 1.85. The van der Waals surface area contributed by atoms with Crippen molar-refractivity contribution < 1.29 is 24.7 Å². The third kappa shape index (κ3) is 24.2. The van der Waals surface area contributed by atoms with Gasteiger partial charge in [0.1, 0.15) is 0 Å². The van der Waals surface area contributed by atoms with Crippen LogP contribution in [-0.4, -0.2) is 28.2 Å². The normalized spacial score (nSPS) is 6.42. The van der Waals surface area contributed by atoms with E-state index in [0.29, 0.717) is 0 Å². The Morgan fingerprint density at radius 1 is 1.17 bits per heavy atom. The van der Waals surface area contributed by atoms with Gasteiger partial charge < -0.3 is 22.7 Å². The Kier molecular flexibility index (Phi) is 12.6.